The van der Waals surface area contributed by atoms with Gasteiger partial charge in [-0.3, -0.25) is 9.59 Å². The molecule has 0 bridgehead atoms. The summed E-state index contributed by atoms with van der Waals surface area (Å²) in [7, 11) is 1.87. The van der Waals surface area contributed by atoms with E-state index in [-0.39, 0.29) is 17.6 Å². The second-order valence-electron chi connectivity index (χ2n) is 7.17. The molecule has 2 aromatic heterocycles. The predicted molar refractivity (Wildman–Crippen MR) is 129 cm³/mol. The van der Waals surface area contributed by atoms with Gasteiger partial charge in [0.1, 0.15) is 5.82 Å². The number of halogens is 1. The molecule has 0 saturated carbocycles. The number of benzene rings is 2. The SMILES string of the molecule is Cc1cc(NC(=O)c2ccc(F)cc2)ccc1NC(=O)CSc1nnc(-c2cccs2)n1C. The van der Waals surface area contributed by atoms with Gasteiger partial charge in [0.25, 0.3) is 5.91 Å². The molecule has 0 aliphatic carbocycles. The number of amides is 2. The Morgan fingerprint density at radius 2 is 1.88 bits per heavy atom. The first-order chi connectivity index (χ1) is 15.9. The van der Waals surface area contributed by atoms with Gasteiger partial charge >= 0.3 is 0 Å². The molecule has 0 atom stereocenters. The number of carbonyl (C=O) groups is 2. The Morgan fingerprint density at radius 1 is 1.09 bits per heavy atom. The number of nitrogens with zero attached hydrogens (tertiary/aromatic N) is 3. The van der Waals surface area contributed by atoms with E-state index in [9.17, 15) is 14.0 Å². The Labute approximate surface area is 198 Å². The lowest BCUT2D eigenvalue weighted by Gasteiger charge is -2.11. The zero-order valence-corrected chi connectivity index (χ0v) is 19.5. The third-order valence-corrected chi connectivity index (χ3v) is 6.66. The molecule has 33 heavy (non-hydrogen) atoms. The maximum Gasteiger partial charge on any atom is 0.255 e. The van der Waals surface area contributed by atoms with Gasteiger partial charge in [-0.15, -0.1) is 21.5 Å². The Kier molecular flexibility index (Phi) is 6.85. The fourth-order valence-electron chi connectivity index (χ4n) is 3.06. The van der Waals surface area contributed by atoms with Gasteiger partial charge < -0.3 is 15.2 Å². The number of carbonyl (C=O) groups excluding carboxylic acids is 2. The molecule has 0 spiro atoms. The molecule has 2 heterocycles. The summed E-state index contributed by atoms with van der Waals surface area (Å²) in [5.41, 5.74) is 2.38. The van der Waals surface area contributed by atoms with Gasteiger partial charge in [-0.2, -0.15) is 0 Å². The highest BCUT2D eigenvalue weighted by Crippen LogP contribution is 2.26. The second kappa shape index (κ2) is 9.97. The van der Waals surface area contributed by atoms with E-state index in [1.807, 2.05) is 36.1 Å². The summed E-state index contributed by atoms with van der Waals surface area (Å²) >= 11 is 2.89. The van der Waals surface area contributed by atoms with E-state index >= 15 is 0 Å². The van der Waals surface area contributed by atoms with Crippen LogP contribution in [0.3, 0.4) is 0 Å². The van der Waals surface area contributed by atoms with E-state index in [0.717, 1.165) is 16.3 Å². The topological polar surface area (TPSA) is 88.9 Å². The third kappa shape index (κ3) is 5.47. The zero-order chi connectivity index (χ0) is 23.4. The van der Waals surface area contributed by atoms with Gasteiger partial charge in [0, 0.05) is 24.0 Å². The molecular weight excluding hydrogens is 461 g/mol. The van der Waals surface area contributed by atoms with Crippen LogP contribution < -0.4 is 10.6 Å². The van der Waals surface area contributed by atoms with E-state index in [2.05, 4.69) is 20.8 Å². The summed E-state index contributed by atoms with van der Waals surface area (Å²) in [6.45, 7) is 1.84. The average molecular weight is 482 g/mol. The minimum Gasteiger partial charge on any atom is -0.325 e. The highest BCUT2D eigenvalue weighted by atomic mass is 32.2. The highest BCUT2D eigenvalue weighted by molar-refractivity contribution is 7.99. The lowest BCUT2D eigenvalue weighted by molar-refractivity contribution is -0.113. The third-order valence-electron chi connectivity index (χ3n) is 4.77. The second-order valence-corrected chi connectivity index (χ2v) is 9.06. The molecule has 0 fully saturated rings. The van der Waals surface area contributed by atoms with Crippen molar-refractivity contribution in [3.8, 4) is 10.7 Å². The van der Waals surface area contributed by atoms with Crippen molar-refractivity contribution in [2.24, 2.45) is 7.05 Å². The smallest absolute Gasteiger partial charge is 0.255 e. The van der Waals surface area contributed by atoms with Crippen molar-refractivity contribution in [2.45, 2.75) is 12.1 Å². The fraction of sp³-hybridized carbons (Fsp3) is 0.130. The number of thiophene rings is 1. The van der Waals surface area contributed by atoms with E-state index in [0.29, 0.717) is 22.1 Å². The molecule has 0 aliphatic rings. The molecule has 0 unspecified atom stereocenters. The first-order valence-corrected chi connectivity index (χ1v) is 11.8. The zero-order valence-electron chi connectivity index (χ0n) is 17.8. The summed E-state index contributed by atoms with van der Waals surface area (Å²) < 4.78 is 14.9. The lowest BCUT2D eigenvalue weighted by Crippen LogP contribution is -2.16. The van der Waals surface area contributed by atoms with Crippen LogP contribution in [0.1, 0.15) is 15.9 Å². The normalized spacial score (nSPS) is 10.8. The molecule has 4 aromatic rings. The molecule has 168 valence electrons. The number of nitrogens with one attached hydrogen (secondary N) is 2. The maximum atomic E-state index is 13.0. The van der Waals surface area contributed by atoms with Crippen molar-refractivity contribution in [3.63, 3.8) is 0 Å². The number of aromatic nitrogens is 3. The summed E-state index contributed by atoms with van der Waals surface area (Å²) in [6.07, 6.45) is 0. The summed E-state index contributed by atoms with van der Waals surface area (Å²) in [4.78, 5) is 25.8. The fourth-order valence-corrected chi connectivity index (χ4v) is 4.52. The summed E-state index contributed by atoms with van der Waals surface area (Å²) in [5, 5.41) is 16.7. The van der Waals surface area contributed by atoms with Gasteiger partial charge in [-0.25, -0.2) is 4.39 Å². The van der Waals surface area contributed by atoms with E-state index < -0.39 is 5.82 Å². The van der Waals surface area contributed by atoms with Crippen LogP contribution in [0, 0.1) is 12.7 Å². The van der Waals surface area contributed by atoms with E-state index in [4.69, 9.17) is 0 Å². The average Bonchev–Trinajstić information content (AvgIpc) is 3.44. The van der Waals surface area contributed by atoms with Crippen molar-refractivity contribution in [1.29, 1.82) is 0 Å². The molecule has 10 heteroatoms. The lowest BCUT2D eigenvalue weighted by atomic mass is 10.1. The van der Waals surface area contributed by atoms with Crippen LogP contribution in [0.2, 0.25) is 0 Å². The molecule has 0 aliphatic heterocycles. The number of rotatable bonds is 7. The molecule has 2 aromatic carbocycles. The van der Waals surface area contributed by atoms with Crippen LogP contribution in [-0.4, -0.2) is 32.3 Å². The van der Waals surface area contributed by atoms with Gasteiger partial charge in [-0.1, -0.05) is 17.8 Å². The molecule has 7 nitrogen and oxygen atoms in total. The Balaban J connectivity index is 1.34. The van der Waals surface area contributed by atoms with Crippen molar-refractivity contribution < 1.29 is 14.0 Å². The van der Waals surface area contributed by atoms with Crippen molar-refractivity contribution in [1.82, 2.24) is 14.8 Å². The first-order valence-electron chi connectivity index (χ1n) is 9.94. The minimum absolute atomic E-state index is 0.174. The number of hydrogen-bond donors (Lipinski definition) is 2. The highest BCUT2D eigenvalue weighted by Gasteiger charge is 2.14. The van der Waals surface area contributed by atoms with Crippen molar-refractivity contribution >= 4 is 46.3 Å². The van der Waals surface area contributed by atoms with E-state index in [1.54, 1.807) is 29.5 Å². The van der Waals surface area contributed by atoms with Gasteiger partial charge in [0.05, 0.1) is 10.6 Å². The molecule has 2 N–H and O–H groups in total. The van der Waals surface area contributed by atoms with E-state index in [1.165, 1.54) is 36.0 Å². The predicted octanol–water partition coefficient (Wildman–Crippen LogP) is 4.97. The number of hydrogen-bond acceptors (Lipinski definition) is 6. The van der Waals surface area contributed by atoms with Crippen LogP contribution in [-0.2, 0) is 11.8 Å². The maximum absolute atomic E-state index is 13.0. The monoisotopic (exact) mass is 481 g/mol. The quantitative estimate of drug-likeness (QED) is 0.364. The van der Waals surface area contributed by atoms with Crippen LogP contribution in [0.5, 0.6) is 0 Å². The minimum atomic E-state index is -0.400. The Morgan fingerprint density at radius 3 is 2.58 bits per heavy atom. The first kappa shape index (κ1) is 22.7. The van der Waals surface area contributed by atoms with Gasteiger partial charge in [0.2, 0.25) is 5.91 Å². The Bertz CT molecular complexity index is 1290. The number of thioether (sulfide) groups is 1. The Hall–Kier alpha value is -3.50. The molecular formula is C23H20FN5O2S2. The molecule has 0 radical (unpaired) electrons. The standard InChI is InChI=1S/C23H20FN5O2S2/c1-14-12-17(25-22(31)15-5-7-16(24)8-6-15)9-10-18(14)26-20(30)13-33-23-28-27-21(29(23)2)19-4-3-11-32-19/h3-12H,13H2,1-2H3,(H,25,31)(H,26,30). The molecule has 4 rings (SSSR count). The molecule has 0 saturated heterocycles. The number of anilines is 2. The van der Waals surface area contributed by atoms with Crippen molar-refractivity contribution in [2.75, 3.05) is 16.4 Å². The van der Waals surface area contributed by atoms with Gasteiger partial charge in [-0.05, 0) is 66.4 Å². The summed E-state index contributed by atoms with van der Waals surface area (Å²) in [6, 6.07) is 14.4. The summed E-state index contributed by atoms with van der Waals surface area (Å²) in [5.74, 6) is 0.0312. The van der Waals surface area contributed by atoms with Crippen LogP contribution >= 0.6 is 23.1 Å². The van der Waals surface area contributed by atoms with Crippen molar-refractivity contribution in [3.05, 3.63) is 76.9 Å². The van der Waals surface area contributed by atoms with Crippen LogP contribution in [0.15, 0.2) is 65.1 Å². The van der Waals surface area contributed by atoms with Gasteiger partial charge in [0.15, 0.2) is 11.0 Å². The molecule has 2 amide bonds. The van der Waals surface area contributed by atoms with Crippen LogP contribution in [0.25, 0.3) is 10.7 Å². The largest absolute Gasteiger partial charge is 0.325 e. The van der Waals surface area contributed by atoms with Crippen LogP contribution in [0.4, 0.5) is 15.8 Å². The number of aryl methyl sites for hydroxylation is 1.